The van der Waals surface area contributed by atoms with Crippen LogP contribution in [0.15, 0.2) is 48.5 Å². The molecule has 0 fully saturated rings. The van der Waals surface area contributed by atoms with Gasteiger partial charge in [0.2, 0.25) is 0 Å². The first-order valence-electron chi connectivity index (χ1n) is 7.37. The van der Waals surface area contributed by atoms with Crippen LogP contribution in [0.4, 0.5) is 4.39 Å². The Bertz CT molecular complexity index is 799. The fourth-order valence-electron chi connectivity index (χ4n) is 2.43. The predicted octanol–water partition coefficient (Wildman–Crippen LogP) is 2.93. The highest BCUT2D eigenvalue weighted by Gasteiger charge is 2.17. The van der Waals surface area contributed by atoms with Gasteiger partial charge in [0.05, 0.1) is 12.3 Å². The Labute approximate surface area is 133 Å². The second-order valence-corrected chi connectivity index (χ2v) is 4.91. The van der Waals surface area contributed by atoms with Crippen molar-refractivity contribution in [3.05, 3.63) is 60.0 Å². The molecule has 0 spiro atoms. The van der Waals surface area contributed by atoms with Crippen molar-refractivity contribution in [2.24, 2.45) is 5.73 Å². The van der Waals surface area contributed by atoms with E-state index in [4.69, 9.17) is 10.5 Å². The fourth-order valence-corrected chi connectivity index (χ4v) is 2.43. The molecule has 0 atom stereocenters. The van der Waals surface area contributed by atoms with Gasteiger partial charge in [0.25, 0.3) is 0 Å². The molecule has 0 unspecified atom stereocenters. The average molecular weight is 312 g/mol. The van der Waals surface area contributed by atoms with Crippen LogP contribution in [0.25, 0.3) is 16.9 Å². The van der Waals surface area contributed by atoms with Gasteiger partial charge in [-0.05, 0) is 43.3 Å². The highest BCUT2D eigenvalue weighted by Crippen LogP contribution is 2.29. The average Bonchev–Trinajstić information content (AvgIpc) is 3.00. The summed E-state index contributed by atoms with van der Waals surface area (Å²) in [6.07, 6.45) is 0. The lowest BCUT2D eigenvalue weighted by atomic mass is 10.1. The van der Waals surface area contributed by atoms with Crippen LogP contribution in [0.3, 0.4) is 0 Å². The van der Waals surface area contributed by atoms with Crippen LogP contribution in [-0.4, -0.2) is 21.6 Å². The van der Waals surface area contributed by atoms with Crippen LogP contribution in [0, 0.1) is 5.82 Å². The number of rotatable bonds is 5. The lowest BCUT2D eigenvalue weighted by Crippen LogP contribution is -2.05. The van der Waals surface area contributed by atoms with Crippen molar-refractivity contribution >= 4 is 0 Å². The van der Waals surface area contributed by atoms with E-state index in [0.717, 1.165) is 16.9 Å². The molecule has 0 saturated heterocycles. The molecule has 0 radical (unpaired) electrons. The summed E-state index contributed by atoms with van der Waals surface area (Å²) in [6, 6.07) is 13.7. The molecule has 2 aromatic carbocycles. The summed E-state index contributed by atoms with van der Waals surface area (Å²) in [4.78, 5) is 0. The summed E-state index contributed by atoms with van der Waals surface area (Å²) in [5, 5.41) is 8.36. The molecule has 1 aromatic heterocycles. The van der Waals surface area contributed by atoms with E-state index >= 15 is 0 Å². The summed E-state index contributed by atoms with van der Waals surface area (Å²) in [5.74, 6) is 0.406. The third-order valence-electron chi connectivity index (χ3n) is 3.44. The minimum Gasteiger partial charge on any atom is -0.492 e. The van der Waals surface area contributed by atoms with E-state index in [-0.39, 0.29) is 12.4 Å². The molecular weight excluding hydrogens is 295 g/mol. The molecule has 1 heterocycles. The van der Waals surface area contributed by atoms with Crippen LogP contribution in [0.2, 0.25) is 0 Å². The minimum absolute atomic E-state index is 0.240. The zero-order valence-electron chi connectivity index (χ0n) is 12.7. The van der Waals surface area contributed by atoms with E-state index in [0.29, 0.717) is 18.1 Å². The van der Waals surface area contributed by atoms with Gasteiger partial charge in [0.15, 0.2) is 0 Å². The third kappa shape index (κ3) is 2.93. The normalized spacial score (nSPS) is 10.7. The molecular formula is C17H17FN4O. The van der Waals surface area contributed by atoms with Crippen molar-refractivity contribution in [2.45, 2.75) is 13.5 Å². The highest BCUT2D eigenvalue weighted by atomic mass is 19.1. The van der Waals surface area contributed by atoms with E-state index in [9.17, 15) is 4.39 Å². The molecule has 118 valence electrons. The fraction of sp³-hybridized carbons (Fsp3) is 0.176. The van der Waals surface area contributed by atoms with E-state index in [2.05, 4.69) is 10.3 Å². The van der Waals surface area contributed by atoms with Gasteiger partial charge in [-0.1, -0.05) is 17.3 Å². The zero-order chi connectivity index (χ0) is 16.2. The quantitative estimate of drug-likeness (QED) is 0.786. The van der Waals surface area contributed by atoms with Crippen LogP contribution < -0.4 is 10.5 Å². The van der Waals surface area contributed by atoms with Gasteiger partial charge >= 0.3 is 0 Å². The number of benzene rings is 2. The van der Waals surface area contributed by atoms with Crippen molar-refractivity contribution in [1.29, 1.82) is 0 Å². The summed E-state index contributed by atoms with van der Waals surface area (Å²) >= 11 is 0. The van der Waals surface area contributed by atoms with Gasteiger partial charge in [-0.15, -0.1) is 5.10 Å². The SMILES string of the molecule is CCOc1ccccc1-n1nnc(CN)c1-c1ccc(F)cc1. The number of aromatic nitrogens is 3. The number of nitrogens with two attached hydrogens (primary N) is 1. The first-order chi connectivity index (χ1) is 11.2. The second kappa shape index (κ2) is 6.58. The number of hydrogen-bond acceptors (Lipinski definition) is 4. The molecule has 3 rings (SSSR count). The second-order valence-electron chi connectivity index (χ2n) is 4.91. The lowest BCUT2D eigenvalue weighted by molar-refractivity contribution is 0.338. The summed E-state index contributed by atoms with van der Waals surface area (Å²) < 4.78 is 20.6. The van der Waals surface area contributed by atoms with Gasteiger partial charge in [-0.25, -0.2) is 9.07 Å². The molecule has 0 bridgehead atoms. The minimum atomic E-state index is -0.295. The Balaban J connectivity index is 2.18. The maximum Gasteiger partial charge on any atom is 0.145 e. The smallest absolute Gasteiger partial charge is 0.145 e. The van der Waals surface area contributed by atoms with E-state index in [1.165, 1.54) is 12.1 Å². The van der Waals surface area contributed by atoms with Crippen LogP contribution in [-0.2, 0) is 6.54 Å². The Kier molecular flexibility index (Phi) is 4.34. The topological polar surface area (TPSA) is 66.0 Å². The van der Waals surface area contributed by atoms with E-state index in [1.807, 2.05) is 31.2 Å². The molecule has 0 amide bonds. The first kappa shape index (κ1) is 15.2. The Hall–Kier alpha value is -2.73. The summed E-state index contributed by atoms with van der Waals surface area (Å²) in [5.41, 5.74) is 8.72. The van der Waals surface area contributed by atoms with Crippen molar-refractivity contribution in [3.8, 4) is 22.7 Å². The van der Waals surface area contributed by atoms with Crippen molar-refractivity contribution < 1.29 is 9.13 Å². The first-order valence-corrected chi connectivity index (χ1v) is 7.37. The molecule has 2 N–H and O–H groups in total. The number of ether oxygens (including phenoxy) is 1. The largest absolute Gasteiger partial charge is 0.492 e. The number of halogens is 1. The highest BCUT2D eigenvalue weighted by molar-refractivity contribution is 5.65. The van der Waals surface area contributed by atoms with E-state index in [1.54, 1.807) is 16.8 Å². The standard InChI is InChI=1S/C17H17FN4O/c1-2-23-16-6-4-3-5-15(16)22-17(14(11-19)20-21-22)12-7-9-13(18)10-8-12/h3-10H,2,11,19H2,1H3. The number of nitrogens with zero attached hydrogens (tertiary/aromatic N) is 3. The molecule has 5 nitrogen and oxygen atoms in total. The number of para-hydroxylation sites is 2. The molecule has 0 saturated carbocycles. The Morgan fingerprint density at radius 3 is 2.57 bits per heavy atom. The predicted molar refractivity (Wildman–Crippen MR) is 85.8 cm³/mol. The lowest BCUT2D eigenvalue weighted by Gasteiger charge is -2.12. The third-order valence-corrected chi connectivity index (χ3v) is 3.44. The van der Waals surface area contributed by atoms with E-state index < -0.39 is 0 Å². The van der Waals surface area contributed by atoms with Crippen LogP contribution in [0.5, 0.6) is 5.75 Å². The van der Waals surface area contributed by atoms with Gasteiger partial charge in [-0.2, -0.15) is 0 Å². The Morgan fingerprint density at radius 2 is 1.87 bits per heavy atom. The van der Waals surface area contributed by atoms with Crippen molar-refractivity contribution in [3.63, 3.8) is 0 Å². The van der Waals surface area contributed by atoms with Gasteiger partial charge in [0, 0.05) is 12.1 Å². The Morgan fingerprint density at radius 1 is 1.13 bits per heavy atom. The monoisotopic (exact) mass is 312 g/mol. The molecule has 23 heavy (non-hydrogen) atoms. The molecule has 0 aliphatic rings. The maximum atomic E-state index is 13.2. The summed E-state index contributed by atoms with van der Waals surface area (Å²) in [7, 11) is 0. The van der Waals surface area contributed by atoms with Crippen LogP contribution in [0.1, 0.15) is 12.6 Å². The van der Waals surface area contributed by atoms with Crippen LogP contribution >= 0.6 is 0 Å². The van der Waals surface area contributed by atoms with Gasteiger partial charge in [-0.3, -0.25) is 0 Å². The van der Waals surface area contributed by atoms with Gasteiger partial charge < -0.3 is 10.5 Å². The zero-order valence-corrected chi connectivity index (χ0v) is 12.7. The molecule has 0 aliphatic heterocycles. The maximum absolute atomic E-state index is 13.2. The summed E-state index contributed by atoms with van der Waals surface area (Å²) in [6.45, 7) is 2.70. The van der Waals surface area contributed by atoms with Gasteiger partial charge in [0.1, 0.15) is 22.9 Å². The van der Waals surface area contributed by atoms with Crippen molar-refractivity contribution in [2.75, 3.05) is 6.61 Å². The molecule has 0 aliphatic carbocycles. The number of hydrogen-bond donors (Lipinski definition) is 1. The molecule has 3 aromatic rings. The molecule has 6 heteroatoms. The van der Waals surface area contributed by atoms with Crippen molar-refractivity contribution in [1.82, 2.24) is 15.0 Å².